The van der Waals surface area contributed by atoms with Gasteiger partial charge >= 0.3 is 0 Å². The quantitative estimate of drug-likeness (QED) is 0.923. The molecule has 23 heavy (non-hydrogen) atoms. The molecule has 0 aliphatic carbocycles. The van der Waals surface area contributed by atoms with Gasteiger partial charge in [-0.3, -0.25) is 9.59 Å². The van der Waals surface area contributed by atoms with E-state index in [1.165, 1.54) is 5.56 Å². The standard InChI is InChI=1S/C19H20N2O2/c22-18-13-16(19(23)20-17-9-5-2-6-10-17)14-21(18)12-11-15-7-3-1-4-8-15/h1-10,16H,11-14H2,(H,20,23)/t16-/m1/s1. The van der Waals surface area contributed by atoms with Crippen LogP contribution in [0.3, 0.4) is 0 Å². The number of amides is 2. The van der Waals surface area contributed by atoms with Crippen molar-refractivity contribution in [3.8, 4) is 0 Å². The highest BCUT2D eigenvalue weighted by atomic mass is 16.2. The summed E-state index contributed by atoms with van der Waals surface area (Å²) in [6, 6.07) is 19.4. The molecule has 0 bridgehead atoms. The van der Waals surface area contributed by atoms with Gasteiger partial charge in [-0.1, -0.05) is 48.5 Å². The minimum atomic E-state index is -0.265. The maximum absolute atomic E-state index is 12.3. The lowest BCUT2D eigenvalue weighted by atomic mass is 10.1. The second-order valence-corrected chi connectivity index (χ2v) is 5.83. The molecule has 0 unspecified atom stereocenters. The van der Waals surface area contributed by atoms with Crippen molar-refractivity contribution in [3.63, 3.8) is 0 Å². The normalized spacial score (nSPS) is 17.3. The van der Waals surface area contributed by atoms with E-state index in [9.17, 15) is 9.59 Å². The molecule has 1 N–H and O–H groups in total. The van der Waals surface area contributed by atoms with Gasteiger partial charge < -0.3 is 10.2 Å². The van der Waals surface area contributed by atoms with Gasteiger partial charge in [-0.15, -0.1) is 0 Å². The van der Waals surface area contributed by atoms with Crippen LogP contribution in [0.15, 0.2) is 60.7 Å². The van der Waals surface area contributed by atoms with Crippen molar-refractivity contribution in [1.29, 1.82) is 0 Å². The Balaban J connectivity index is 1.53. The molecule has 4 heteroatoms. The van der Waals surface area contributed by atoms with Crippen molar-refractivity contribution in [2.24, 2.45) is 5.92 Å². The first-order valence-corrected chi connectivity index (χ1v) is 7.90. The van der Waals surface area contributed by atoms with Crippen LogP contribution in [0, 0.1) is 5.92 Å². The molecule has 0 aromatic heterocycles. The summed E-state index contributed by atoms with van der Waals surface area (Å²) >= 11 is 0. The Morgan fingerprint density at radius 2 is 1.70 bits per heavy atom. The molecule has 1 atom stereocenters. The maximum Gasteiger partial charge on any atom is 0.229 e. The highest BCUT2D eigenvalue weighted by molar-refractivity contribution is 5.97. The number of carbonyl (C=O) groups is 2. The van der Waals surface area contributed by atoms with Crippen LogP contribution in [0.1, 0.15) is 12.0 Å². The lowest BCUT2D eigenvalue weighted by Gasteiger charge is -2.16. The van der Waals surface area contributed by atoms with Crippen LogP contribution in [0.25, 0.3) is 0 Å². The molecule has 1 fully saturated rings. The van der Waals surface area contributed by atoms with Gasteiger partial charge in [-0.2, -0.15) is 0 Å². The Labute approximate surface area is 136 Å². The lowest BCUT2D eigenvalue weighted by molar-refractivity contribution is -0.128. The van der Waals surface area contributed by atoms with Crippen LogP contribution in [0.5, 0.6) is 0 Å². The molecular weight excluding hydrogens is 288 g/mol. The number of hydrogen-bond donors (Lipinski definition) is 1. The summed E-state index contributed by atoms with van der Waals surface area (Å²) in [5.41, 5.74) is 1.98. The summed E-state index contributed by atoms with van der Waals surface area (Å²) in [6.07, 6.45) is 1.12. The zero-order chi connectivity index (χ0) is 16.1. The van der Waals surface area contributed by atoms with E-state index in [2.05, 4.69) is 17.4 Å². The molecule has 1 aliphatic rings. The molecule has 0 spiro atoms. The summed E-state index contributed by atoms with van der Waals surface area (Å²) in [4.78, 5) is 26.2. The van der Waals surface area contributed by atoms with E-state index in [0.717, 1.165) is 12.1 Å². The van der Waals surface area contributed by atoms with E-state index >= 15 is 0 Å². The van der Waals surface area contributed by atoms with Gasteiger partial charge in [0.15, 0.2) is 0 Å². The molecule has 3 rings (SSSR count). The van der Waals surface area contributed by atoms with Gasteiger partial charge in [0.05, 0.1) is 5.92 Å². The molecule has 0 saturated carbocycles. The van der Waals surface area contributed by atoms with Gasteiger partial charge in [0.25, 0.3) is 0 Å². The number of anilines is 1. The van der Waals surface area contributed by atoms with Crippen LogP contribution >= 0.6 is 0 Å². The van der Waals surface area contributed by atoms with Crippen LogP contribution < -0.4 is 5.32 Å². The number of hydrogen-bond acceptors (Lipinski definition) is 2. The van der Waals surface area contributed by atoms with E-state index in [4.69, 9.17) is 0 Å². The first kappa shape index (κ1) is 15.3. The minimum absolute atomic E-state index is 0.0640. The molecule has 2 amide bonds. The Bertz CT molecular complexity index is 670. The van der Waals surface area contributed by atoms with Gasteiger partial charge in [-0.25, -0.2) is 0 Å². The molecule has 2 aromatic carbocycles. The monoisotopic (exact) mass is 308 g/mol. The molecule has 1 heterocycles. The van der Waals surface area contributed by atoms with Crippen molar-refractivity contribution in [1.82, 2.24) is 4.90 Å². The van der Waals surface area contributed by atoms with Gasteiger partial charge in [0.2, 0.25) is 11.8 Å². The predicted molar refractivity (Wildman–Crippen MR) is 89.9 cm³/mol. The third-order valence-electron chi connectivity index (χ3n) is 4.14. The molecule has 1 aliphatic heterocycles. The Morgan fingerprint density at radius 1 is 1.04 bits per heavy atom. The number of nitrogens with one attached hydrogen (secondary N) is 1. The van der Waals surface area contributed by atoms with Crippen molar-refractivity contribution < 1.29 is 9.59 Å². The lowest BCUT2D eigenvalue weighted by Crippen LogP contribution is -2.30. The highest BCUT2D eigenvalue weighted by Gasteiger charge is 2.33. The average molecular weight is 308 g/mol. The van der Waals surface area contributed by atoms with E-state index in [0.29, 0.717) is 19.5 Å². The summed E-state index contributed by atoms with van der Waals surface area (Å²) in [7, 11) is 0. The van der Waals surface area contributed by atoms with Gasteiger partial charge in [0, 0.05) is 25.2 Å². The zero-order valence-corrected chi connectivity index (χ0v) is 12.9. The first-order chi connectivity index (χ1) is 11.2. The van der Waals surface area contributed by atoms with Crippen LogP contribution in [-0.4, -0.2) is 29.8 Å². The van der Waals surface area contributed by atoms with E-state index in [1.807, 2.05) is 48.5 Å². The predicted octanol–water partition coefficient (Wildman–Crippen LogP) is 2.72. The van der Waals surface area contributed by atoms with Crippen LogP contribution in [0.2, 0.25) is 0 Å². The van der Waals surface area contributed by atoms with Gasteiger partial charge in [-0.05, 0) is 24.1 Å². The van der Waals surface area contributed by atoms with Gasteiger partial charge in [0.1, 0.15) is 0 Å². The highest BCUT2D eigenvalue weighted by Crippen LogP contribution is 2.20. The van der Waals surface area contributed by atoms with E-state index in [-0.39, 0.29) is 17.7 Å². The average Bonchev–Trinajstić information content (AvgIpc) is 2.96. The summed E-state index contributed by atoms with van der Waals surface area (Å²) in [6.45, 7) is 1.17. The molecule has 2 aromatic rings. The summed E-state index contributed by atoms with van der Waals surface area (Å²) in [5.74, 6) is -0.278. The van der Waals surface area contributed by atoms with Crippen LogP contribution in [-0.2, 0) is 16.0 Å². The summed E-state index contributed by atoms with van der Waals surface area (Å²) in [5, 5.41) is 2.88. The molecule has 1 saturated heterocycles. The second-order valence-electron chi connectivity index (χ2n) is 5.83. The van der Waals surface area contributed by atoms with E-state index < -0.39 is 0 Å². The van der Waals surface area contributed by atoms with Crippen LogP contribution in [0.4, 0.5) is 5.69 Å². The number of likely N-dealkylation sites (tertiary alicyclic amines) is 1. The third-order valence-corrected chi connectivity index (χ3v) is 4.14. The Hall–Kier alpha value is -2.62. The zero-order valence-electron chi connectivity index (χ0n) is 12.9. The fourth-order valence-electron chi connectivity index (χ4n) is 2.84. The van der Waals surface area contributed by atoms with Crippen molar-refractivity contribution >= 4 is 17.5 Å². The number of benzene rings is 2. The Kier molecular flexibility index (Phi) is 4.71. The third kappa shape index (κ3) is 3.97. The summed E-state index contributed by atoms with van der Waals surface area (Å²) < 4.78 is 0. The number of para-hydroxylation sites is 1. The number of nitrogens with zero attached hydrogens (tertiary/aromatic N) is 1. The first-order valence-electron chi connectivity index (χ1n) is 7.90. The second kappa shape index (κ2) is 7.09. The SMILES string of the molecule is O=C(Nc1ccccc1)[C@@H]1CC(=O)N(CCc2ccccc2)C1. The molecular formula is C19H20N2O2. The molecule has 0 radical (unpaired) electrons. The minimum Gasteiger partial charge on any atom is -0.342 e. The smallest absolute Gasteiger partial charge is 0.229 e. The van der Waals surface area contributed by atoms with Crippen molar-refractivity contribution in [3.05, 3.63) is 66.2 Å². The fraction of sp³-hybridized carbons (Fsp3) is 0.263. The fourth-order valence-corrected chi connectivity index (χ4v) is 2.84. The molecule has 118 valence electrons. The number of rotatable bonds is 5. The molecule has 4 nitrogen and oxygen atoms in total. The maximum atomic E-state index is 12.3. The van der Waals surface area contributed by atoms with E-state index in [1.54, 1.807) is 4.90 Å². The topological polar surface area (TPSA) is 49.4 Å². The Morgan fingerprint density at radius 3 is 2.39 bits per heavy atom. The van der Waals surface area contributed by atoms with Crippen molar-refractivity contribution in [2.75, 3.05) is 18.4 Å². The largest absolute Gasteiger partial charge is 0.342 e. The van der Waals surface area contributed by atoms with Crippen molar-refractivity contribution in [2.45, 2.75) is 12.8 Å². The number of carbonyl (C=O) groups excluding carboxylic acids is 2.